The lowest BCUT2D eigenvalue weighted by atomic mass is 9.89. The maximum absolute atomic E-state index is 7.75. The van der Waals surface area contributed by atoms with Crippen LogP contribution in [0.15, 0.2) is 6.20 Å². The predicted octanol–water partition coefficient (Wildman–Crippen LogP) is 2.74. The van der Waals surface area contributed by atoms with Crippen molar-refractivity contribution in [3.63, 3.8) is 0 Å². The molecule has 0 aromatic carbocycles. The lowest BCUT2D eigenvalue weighted by Crippen LogP contribution is -2.41. The van der Waals surface area contributed by atoms with Gasteiger partial charge in [0.15, 0.2) is 0 Å². The fraction of sp³-hybridized carbons (Fsp3) is 0.769. The maximum Gasteiger partial charge on any atom is 0.507 e. The molecule has 0 atom stereocenters. The summed E-state index contributed by atoms with van der Waals surface area (Å²) in [6, 6.07) is 0. The first-order chi connectivity index (χ1) is 11.8. The van der Waals surface area contributed by atoms with Gasteiger partial charge in [0.1, 0.15) is 0 Å². The fourth-order valence-electron chi connectivity index (χ4n) is 1.53. The highest BCUT2D eigenvalue weighted by Crippen LogP contribution is 2.37. The standard InChI is InChI=1S/C13H22BNO2S/c1-11(2,3)10-15-8-9(18-10)14-16-12(4,5)13(6,7)17-14/h8H,1-7H3/i1D3,2D3,3D3. The summed E-state index contributed by atoms with van der Waals surface area (Å²) >= 11 is 0.678. The molecule has 5 heteroatoms. The van der Waals surface area contributed by atoms with Crippen LogP contribution in [0.4, 0.5) is 0 Å². The van der Waals surface area contributed by atoms with E-state index in [9.17, 15) is 0 Å². The summed E-state index contributed by atoms with van der Waals surface area (Å²) in [7, 11) is -0.899. The Morgan fingerprint density at radius 1 is 1.22 bits per heavy atom. The second-order valence-corrected chi connectivity index (χ2v) is 6.47. The molecule has 2 rings (SSSR count). The van der Waals surface area contributed by atoms with Crippen molar-refractivity contribution in [1.82, 2.24) is 4.98 Å². The van der Waals surface area contributed by atoms with E-state index in [-0.39, 0.29) is 0 Å². The van der Waals surface area contributed by atoms with E-state index in [1.165, 1.54) is 6.20 Å². The molecule has 1 fully saturated rings. The molecular formula is C13H22BNO2S. The normalized spacial score (nSPS) is 32.0. The molecule has 0 radical (unpaired) electrons. The van der Waals surface area contributed by atoms with Gasteiger partial charge in [0, 0.05) is 23.9 Å². The number of hydrogen-bond acceptors (Lipinski definition) is 4. The molecule has 2 heterocycles. The van der Waals surface area contributed by atoms with Crippen LogP contribution in [-0.2, 0) is 14.7 Å². The smallest absolute Gasteiger partial charge is 0.399 e. The molecule has 1 aromatic rings. The molecule has 1 saturated heterocycles. The van der Waals surface area contributed by atoms with Gasteiger partial charge in [0.05, 0.1) is 21.0 Å². The summed E-state index contributed by atoms with van der Waals surface area (Å²) in [5.74, 6) is 0. The number of nitrogens with zero attached hydrogens (tertiary/aromatic N) is 1. The molecule has 0 unspecified atom stereocenters. The first kappa shape index (κ1) is 6.38. The van der Waals surface area contributed by atoms with Crippen LogP contribution in [0.1, 0.15) is 65.6 Å². The molecule has 0 saturated carbocycles. The largest absolute Gasteiger partial charge is 0.507 e. The van der Waals surface area contributed by atoms with Crippen LogP contribution in [0, 0.1) is 0 Å². The van der Waals surface area contributed by atoms with Crippen molar-refractivity contribution >= 4 is 23.2 Å². The van der Waals surface area contributed by atoms with Crippen LogP contribution < -0.4 is 4.78 Å². The lowest BCUT2D eigenvalue weighted by molar-refractivity contribution is 0.00578. The number of rotatable bonds is 1. The van der Waals surface area contributed by atoms with Gasteiger partial charge in [0.25, 0.3) is 0 Å². The third-order valence-corrected chi connectivity index (χ3v) is 4.47. The van der Waals surface area contributed by atoms with Gasteiger partial charge in [-0.15, -0.1) is 11.3 Å². The Labute approximate surface area is 127 Å². The molecule has 3 nitrogen and oxygen atoms in total. The highest BCUT2D eigenvalue weighted by molar-refractivity contribution is 7.22. The van der Waals surface area contributed by atoms with E-state index in [4.69, 9.17) is 21.6 Å². The second kappa shape index (κ2) is 4.05. The van der Waals surface area contributed by atoms with Crippen molar-refractivity contribution in [2.75, 3.05) is 0 Å². The molecule has 100 valence electrons. The predicted molar refractivity (Wildman–Crippen MR) is 76.5 cm³/mol. The van der Waals surface area contributed by atoms with E-state index in [0.717, 1.165) is 0 Å². The molecule has 1 aromatic heterocycles. The average molecular weight is 276 g/mol. The van der Waals surface area contributed by atoms with Crippen molar-refractivity contribution < 1.29 is 21.6 Å². The van der Waals surface area contributed by atoms with E-state index in [0.29, 0.717) is 16.1 Å². The van der Waals surface area contributed by atoms with E-state index in [2.05, 4.69) is 4.98 Å². The van der Waals surface area contributed by atoms with Gasteiger partial charge in [-0.2, -0.15) is 0 Å². The molecular weight excluding hydrogens is 245 g/mol. The first-order valence-electron chi connectivity index (χ1n) is 10.1. The lowest BCUT2D eigenvalue weighted by Gasteiger charge is -2.32. The van der Waals surface area contributed by atoms with Gasteiger partial charge < -0.3 is 9.31 Å². The van der Waals surface area contributed by atoms with Crippen LogP contribution in [-0.4, -0.2) is 23.3 Å². The Morgan fingerprint density at radius 2 is 1.78 bits per heavy atom. The fourth-order valence-corrected chi connectivity index (χ4v) is 2.31. The Bertz CT molecular complexity index is 656. The molecule has 1 aliphatic rings. The van der Waals surface area contributed by atoms with Crippen molar-refractivity contribution in [2.45, 2.75) is 64.9 Å². The molecule has 0 N–H and O–H groups in total. The van der Waals surface area contributed by atoms with Crippen LogP contribution in [0.3, 0.4) is 0 Å². The minimum absolute atomic E-state index is 0.311. The maximum atomic E-state index is 7.75. The highest BCUT2D eigenvalue weighted by Gasteiger charge is 2.52. The molecule has 18 heavy (non-hydrogen) atoms. The molecule has 0 bridgehead atoms. The summed E-state index contributed by atoms with van der Waals surface area (Å²) in [4.78, 5) is 3.91. The zero-order chi connectivity index (χ0) is 21.3. The van der Waals surface area contributed by atoms with E-state index < -0.39 is 49.3 Å². The van der Waals surface area contributed by atoms with Gasteiger partial charge in [-0.3, -0.25) is 0 Å². The van der Waals surface area contributed by atoms with Gasteiger partial charge in [0.2, 0.25) is 0 Å². The summed E-state index contributed by atoms with van der Waals surface area (Å²) in [5, 5.41) is -0.507. The van der Waals surface area contributed by atoms with Crippen LogP contribution in [0.2, 0.25) is 0 Å². The average Bonchev–Trinajstić information content (AvgIpc) is 2.88. The van der Waals surface area contributed by atoms with Crippen molar-refractivity contribution in [3.8, 4) is 0 Å². The quantitative estimate of drug-likeness (QED) is 0.739. The molecule has 0 spiro atoms. The van der Waals surface area contributed by atoms with Gasteiger partial charge in [-0.1, -0.05) is 20.6 Å². The van der Waals surface area contributed by atoms with Crippen molar-refractivity contribution in [2.24, 2.45) is 0 Å². The topological polar surface area (TPSA) is 31.4 Å². The summed E-state index contributed by atoms with van der Waals surface area (Å²) in [6.07, 6.45) is 1.22. The van der Waals surface area contributed by atoms with Crippen LogP contribution >= 0.6 is 11.3 Å². The van der Waals surface area contributed by atoms with Gasteiger partial charge >= 0.3 is 7.12 Å². The second-order valence-electron chi connectivity index (χ2n) is 5.41. The van der Waals surface area contributed by atoms with E-state index in [1.54, 1.807) is 0 Å². The Hall–Kier alpha value is -0.385. The highest BCUT2D eigenvalue weighted by atomic mass is 32.1. The monoisotopic (exact) mass is 276 g/mol. The third kappa shape index (κ3) is 2.36. The van der Waals surface area contributed by atoms with Gasteiger partial charge in [-0.25, -0.2) is 4.98 Å². The number of aromatic nitrogens is 1. The van der Waals surface area contributed by atoms with Crippen LogP contribution in [0.5, 0.6) is 0 Å². The summed E-state index contributed by atoms with van der Waals surface area (Å²) < 4.78 is 81.8. The molecule has 0 amide bonds. The Kier molecular flexibility index (Phi) is 1.44. The van der Waals surface area contributed by atoms with E-state index >= 15 is 0 Å². The SMILES string of the molecule is [2H]C([2H])([2H])C(c1ncc(B2OC(C)(C)C(C)(C)O2)s1)(C([2H])([2H])[2H])C([2H])([2H])[2H]. The third-order valence-electron chi connectivity index (χ3n) is 3.33. The molecule has 1 aliphatic heterocycles. The van der Waals surface area contributed by atoms with Crippen LogP contribution in [0.25, 0.3) is 0 Å². The minimum Gasteiger partial charge on any atom is -0.399 e. The Morgan fingerprint density at radius 3 is 2.28 bits per heavy atom. The number of thiazole rings is 1. The van der Waals surface area contributed by atoms with Gasteiger partial charge in [-0.05, 0) is 27.7 Å². The minimum atomic E-state index is -3.34. The van der Waals surface area contributed by atoms with Crippen molar-refractivity contribution in [3.05, 3.63) is 11.2 Å². The summed E-state index contributed by atoms with van der Waals surface area (Å²) in [5.41, 5.74) is -4.45. The zero-order valence-corrected chi connectivity index (χ0v) is 11.6. The summed E-state index contributed by atoms with van der Waals surface area (Å²) in [6.45, 7) is -2.71. The van der Waals surface area contributed by atoms with E-state index in [1.807, 2.05) is 27.7 Å². The zero-order valence-electron chi connectivity index (χ0n) is 19.8. The Balaban J connectivity index is 2.60. The van der Waals surface area contributed by atoms with Crippen molar-refractivity contribution in [1.29, 1.82) is 0 Å². The first-order valence-corrected chi connectivity index (χ1v) is 6.41. The molecule has 0 aliphatic carbocycles. The number of hydrogen-bond donors (Lipinski definition) is 0.